The summed E-state index contributed by atoms with van der Waals surface area (Å²) < 4.78 is 5.64. The van der Waals surface area contributed by atoms with Gasteiger partial charge in [0.05, 0.1) is 0 Å². The molecule has 1 N–H and O–H groups in total. The van der Waals surface area contributed by atoms with Crippen LogP contribution in [0.25, 0.3) is 0 Å². The molecule has 0 radical (unpaired) electrons. The van der Waals surface area contributed by atoms with Crippen molar-refractivity contribution in [3.05, 3.63) is 33.6 Å². The quantitative estimate of drug-likeness (QED) is 0.923. The van der Waals surface area contributed by atoms with Gasteiger partial charge < -0.3 is 4.42 Å². The van der Waals surface area contributed by atoms with Gasteiger partial charge in [0.1, 0.15) is 0 Å². The average molecular weight is 287 g/mol. The van der Waals surface area contributed by atoms with E-state index in [0.29, 0.717) is 9.80 Å². The fraction of sp³-hybridized carbons (Fsp3) is 0.111. The summed E-state index contributed by atoms with van der Waals surface area (Å²) in [7, 11) is 0. The highest BCUT2D eigenvalue weighted by Crippen LogP contribution is 2.19. The minimum atomic E-state index is -0.296. The molecule has 2 aromatic rings. The van der Waals surface area contributed by atoms with Crippen molar-refractivity contribution in [3.63, 3.8) is 0 Å². The third-order valence-electron chi connectivity index (χ3n) is 1.64. The number of nitrogens with one attached hydrogen (secondary N) is 1. The Bertz CT molecular complexity index is 492. The first kappa shape index (κ1) is 10.4. The molecule has 1 amide bonds. The Morgan fingerprint density at radius 1 is 1.60 bits per heavy atom. The molecule has 15 heavy (non-hydrogen) atoms. The van der Waals surface area contributed by atoms with Crippen LogP contribution in [0.4, 0.5) is 5.13 Å². The van der Waals surface area contributed by atoms with E-state index in [1.54, 1.807) is 18.3 Å². The van der Waals surface area contributed by atoms with Crippen LogP contribution in [0.5, 0.6) is 0 Å². The predicted octanol–water partition coefficient (Wildman–Crippen LogP) is 3.06. The number of anilines is 1. The molecule has 0 spiro atoms. The van der Waals surface area contributed by atoms with E-state index in [2.05, 4.69) is 26.2 Å². The molecule has 78 valence electrons. The summed E-state index contributed by atoms with van der Waals surface area (Å²) in [6, 6.07) is 3.27. The van der Waals surface area contributed by atoms with Crippen molar-refractivity contribution >= 4 is 38.3 Å². The first-order valence-corrected chi connectivity index (χ1v) is 5.75. The second-order valence-electron chi connectivity index (χ2n) is 2.83. The number of furan rings is 1. The number of nitrogens with zero attached hydrogens (tertiary/aromatic N) is 1. The lowest BCUT2D eigenvalue weighted by Crippen LogP contribution is -2.10. The number of rotatable bonds is 2. The molecule has 0 aliphatic carbocycles. The zero-order valence-electron chi connectivity index (χ0n) is 7.78. The lowest BCUT2D eigenvalue weighted by molar-refractivity contribution is 0.0995. The second-order valence-corrected chi connectivity index (χ2v) is 4.85. The first-order valence-electron chi connectivity index (χ1n) is 4.14. The third kappa shape index (κ3) is 2.45. The van der Waals surface area contributed by atoms with Crippen LogP contribution in [0.3, 0.4) is 0 Å². The number of thiazole rings is 1. The summed E-state index contributed by atoms with van der Waals surface area (Å²) in [5.41, 5.74) is 0. The number of hydrogen-bond acceptors (Lipinski definition) is 4. The number of carbonyl (C=O) groups excluding carboxylic acids is 1. The molecule has 6 heteroatoms. The number of aromatic nitrogens is 1. The van der Waals surface area contributed by atoms with E-state index in [4.69, 9.17) is 4.42 Å². The maximum Gasteiger partial charge on any atom is 0.293 e. The topological polar surface area (TPSA) is 55.1 Å². The van der Waals surface area contributed by atoms with Gasteiger partial charge in [-0.2, -0.15) is 0 Å². The summed E-state index contributed by atoms with van der Waals surface area (Å²) >= 11 is 4.55. The van der Waals surface area contributed by atoms with Gasteiger partial charge in [-0.05, 0) is 35.0 Å². The Morgan fingerprint density at radius 3 is 2.93 bits per heavy atom. The Balaban J connectivity index is 2.10. The first-order chi connectivity index (χ1) is 7.15. The fourth-order valence-electron chi connectivity index (χ4n) is 1.01. The molecule has 0 fully saturated rings. The Labute approximate surface area is 98.5 Å². The average Bonchev–Trinajstić information content (AvgIpc) is 2.75. The van der Waals surface area contributed by atoms with Gasteiger partial charge in [-0.15, -0.1) is 11.3 Å². The van der Waals surface area contributed by atoms with Crippen LogP contribution in [0.1, 0.15) is 15.4 Å². The molecule has 2 aromatic heterocycles. The summed E-state index contributed by atoms with van der Waals surface area (Å²) in [4.78, 5) is 16.6. The molecule has 4 nitrogen and oxygen atoms in total. The minimum Gasteiger partial charge on any atom is -0.444 e. The highest BCUT2D eigenvalue weighted by molar-refractivity contribution is 9.10. The van der Waals surface area contributed by atoms with Crippen LogP contribution in [0.15, 0.2) is 27.4 Å². The van der Waals surface area contributed by atoms with Crippen molar-refractivity contribution in [2.75, 3.05) is 5.32 Å². The molecule has 0 atom stereocenters. The maximum atomic E-state index is 11.6. The molecule has 0 unspecified atom stereocenters. The van der Waals surface area contributed by atoms with Crippen molar-refractivity contribution in [2.45, 2.75) is 6.92 Å². The van der Waals surface area contributed by atoms with Crippen LogP contribution >= 0.6 is 27.3 Å². The summed E-state index contributed by atoms with van der Waals surface area (Å²) in [6.45, 7) is 1.93. The van der Waals surface area contributed by atoms with E-state index < -0.39 is 0 Å². The van der Waals surface area contributed by atoms with Gasteiger partial charge in [-0.1, -0.05) is 0 Å². The van der Waals surface area contributed by atoms with Gasteiger partial charge in [0.25, 0.3) is 5.91 Å². The summed E-state index contributed by atoms with van der Waals surface area (Å²) in [6.07, 6.45) is 1.71. The van der Waals surface area contributed by atoms with Crippen LogP contribution in [0.2, 0.25) is 0 Å². The molecular formula is C9H7BrN2O2S. The highest BCUT2D eigenvalue weighted by Gasteiger charge is 2.11. The second kappa shape index (κ2) is 4.16. The third-order valence-corrected chi connectivity index (χ3v) is 2.89. The summed E-state index contributed by atoms with van der Waals surface area (Å²) in [5.74, 6) is -0.0372. The molecule has 2 rings (SSSR count). The number of amides is 1. The normalized spacial score (nSPS) is 10.3. The predicted molar refractivity (Wildman–Crippen MR) is 61.2 cm³/mol. The van der Waals surface area contributed by atoms with Crippen LogP contribution < -0.4 is 5.32 Å². The molecule has 2 heterocycles. The Hall–Kier alpha value is -1.14. The lowest BCUT2D eigenvalue weighted by Gasteiger charge is -1.96. The smallest absolute Gasteiger partial charge is 0.293 e. The van der Waals surface area contributed by atoms with Crippen molar-refractivity contribution in [2.24, 2.45) is 0 Å². The zero-order valence-corrected chi connectivity index (χ0v) is 10.2. The number of halogens is 1. The molecular weight excluding hydrogens is 280 g/mol. The minimum absolute atomic E-state index is 0.259. The molecule has 0 bridgehead atoms. The fourth-order valence-corrected chi connectivity index (χ4v) is 1.97. The van der Waals surface area contributed by atoms with E-state index in [1.165, 1.54) is 11.3 Å². The van der Waals surface area contributed by atoms with E-state index >= 15 is 0 Å². The van der Waals surface area contributed by atoms with Gasteiger partial charge in [-0.25, -0.2) is 4.98 Å². The highest BCUT2D eigenvalue weighted by atomic mass is 79.9. The van der Waals surface area contributed by atoms with Crippen LogP contribution in [-0.2, 0) is 0 Å². The van der Waals surface area contributed by atoms with Crippen molar-refractivity contribution in [1.29, 1.82) is 0 Å². The van der Waals surface area contributed by atoms with Crippen molar-refractivity contribution < 1.29 is 9.21 Å². The van der Waals surface area contributed by atoms with Gasteiger partial charge >= 0.3 is 0 Å². The van der Waals surface area contributed by atoms with E-state index in [9.17, 15) is 4.79 Å². The van der Waals surface area contributed by atoms with Gasteiger partial charge in [0.2, 0.25) is 0 Å². The Kier molecular flexibility index (Phi) is 2.88. The standard InChI is InChI=1S/C9H7BrN2O2S/c1-5-4-11-9(15-5)12-8(13)6-2-3-7(10)14-6/h2-4H,1H3,(H,11,12,13). The molecule has 0 aromatic carbocycles. The number of carbonyl (C=O) groups is 1. The molecule has 0 saturated heterocycles. The lowest BCUT2D eigenvalue weighted by atomic mass is 10.4. The van der Waals surface area contributed by atoms with E-state index in [0.717, 1.165) is 4.88 Å². The van der Waals surface area contributed by atoms with Crippen LogP contribution in [-0.4, -0.2) is 10.9 Å². The monoisotopic (exact) mass is 286 g/mol. The molecule has 0 aliphatic heterocycles. The van der Waals surface area contributed by atoms with Gasteiger partial charge in [-0.3, -0.25) is 10.1 Å². The van der Waals surface area contributed by atoms with Gasteiger partial charge in [0, 0.05) is 11.1 Å². The molecule has 0 saturated carbocycles. The van der Waals surface area contributed by atoms with Crippen molar-refractivity contribution in [3.8, 4) is 0 Å². The van der Waals surface area contributed by atoms with Gasteiger partial charge in [0.15, 0.2) is 15.6 Å². The van der Waals surface area contributed by atoms with Crippen molar-refractivity contribution in [1.82, 2.24) is 4.98 Å². The Morgan fingerprint density at radius 2 is 2.40 bits per heavy atom. The van der Waals surface area contributed by atoms with E-state index in [1.807, 2.05) is 6.92 Å². The zero-order chi connectivity index (χ0) is 10.8. The van der Waals surface area contributed by atoms with Crippen LogP contribution in [0, 0.1) is 6.92 Å². The molecule has 0 aliphatic rings. The summed E-state index contributed by atoms with van der Waals surface area (Å²) in [5, 5.41) is 3.22. The largest absolute Gasteiger partial charge is 0.444 e. The number of aryl methyl sites for hydroxylation is 1. The SMILES string of the molecule is Cc1cnc(NC(=O)c2ccc(Br)o2)s1. The maximum absolute atomic E-state index is 11.6. The number of hydrogen-bond donors (Lipinski definition) is 1. The van der Waals surface area contributed by atoms with E-state index in [-0.39, 0.29) is 11.7 Å².